The van der Waals surface area contributed by atoms with Crippen molar-refractivity contribution in [3.63, 3.8) is 0 Å². The maximum atomic E-state index is 11.3. The van der Waals surface area contributed by atoms with E-state index in [2.05, 4.69) is 6.07 Å². The van der Waals surface area contributed by atoms with Gasteiger partial charge >= 0.3 is 0 Å². The van der Waals surface area contributed by atoms with Gasteiger partial charge in [0.2, 0.25) is 0 Å². The van der Waals surface area contributed by atoms with Crippen LogP contribution in [0.5, 0.6) is 0 Å². The molecule has 0 fully saturated rings. The van der Waals surface area contributed by atoms with E-state index in [0.717, 1.165) is 0 Å². The Morgan fingerprint density at radius 2 is 2.21 bits per heavy atom. The molecule has 3 heteroatoms. The van der Waals surface area contributed by atoms with Crippen LogP contribution in [0.3, 0.4) is 0 Å². The van der Waals surface area contributed by atoms with Crippen LogP contribution < -0.4 is 5.56 Å². The highest BCUT2D eigenvalue weighted by Gasteiger charge is 2.12. The molecule has 0 saturated heterocycles. The molecular formula is C11H14N2O. The normalized spacial score (nSPS) is 12.4. The van der Waals surface area contributed by atoms with Crippen LogP contribution in [0.1, 0.15) is 13.8 Å². The Labute approximate surface area is 83.6 Å². The molecule has 0 saturated carbocycles. The smallest absolute Gasteiger partial charge is 0.250 e. The van der Waals surface area contributed by atoms with Crippen LogP contribution in [0.15, 0.2) is 29.2 Å². The maximum absolute atomic E-state index is 11.3. The molecule has 1 unspecified atom stereocenters. The summed E-state index contributed by atoms with van der Waals surface area (Å²) in [4.78, 5) is 11.3. The van der Waals surface area contributed by atoms with Crippen molar-refractivity contribution in [2.45, 2.75) is 20.4 Å². The van der Waals surface area contributed by atoms with Gasteiger partial charge in [-0.05, 0) is 12.0 Å². The second-order valence-corrected chi connectivity index (χ2v) is 3.67. The van der Waals surface area contributed by atoms with E-state index in [1.807, 2.05) is 13.8 Å². The van der Waals surface area contributed by atoms with Gasteiger partial charge in [-0.15, -0.1) is 0 Å². The van der Waals surface area contributed by atoms with Crippen molar-refractivity contribution in [1.82, 2.24) is 4.57 Å². The zero-order valence-electron chi connectivity index (χ0n) is 8.47. The molecule has 3 nitrogen and oxygen atoms in total. The minimum absolute atomic E-state index is 0.0478. The fourth-order valence-electron chi connectivity index (χ4n) is 1.22. The first-order valence-electron chi connectivity index (χ1n) is 4.70. The Hall–Kier alpha value is -1.56. The molecular weight excluding hydrogens is 176 g/mol. The molecule has 74 valence electrons. The fraction of sp³-hybridized carbons (Fsp3) is 0.455. The Morgan fingerprint density at radius 1 is 1.50 bits per heavy atom. The number of pyridine rings is 1. The van der Waals surface area contributed by atoms with Crippen LogP contribution in [-0.4, -0.2) is 4.57 Å². The first-order valence-corrected chi connectivity index (χ1v) is 4.70. The van der Waals surface area contributed by atoms with E-state index >= 15 is 0 Å². The highest BCUT2D eigenvalue weighted by molar-refractivity contribution is 4.95. The summed E-state index contributed by atoms with van der Waals surface area (Å²) < 4.78 is 1.58. The highest BCUT2D eigenvalue weighted by Crippen LogP contribution is 2.10. The van der Waals surface area contributed by atoms with Crippen LogP contribution in [0.2, 0.25) is 0 Å². The van der Waals surface area contributed by atoms with Gasteiger partial charge in [-0.3, -0.25) is 4.79 Å². The SMILES string of the molecule is CC(C)C(C#N)Cn1ccccc1=O. The molecule has 0 spiro atoms. The number of rotatable bonds is 3. The van der Waals surface area contributed by atoms with E-state index in [1.165, 1.54) is 6.07 Å². The third-order valence-electron chi connectivity index (χ3n) is 2.26. The van der Waals surface area contributed by atoms with Gasteiger partial charge in [0.1, 0.15) is 0 Å². The van der Waals surface area contributed by atoms with Gasteiger partial charge in [-0.25, -0.2) is 0 Å². The summed E-state index contributed by atoms with van der Waals surface area (Å²) >= 11 is 0. The molecule has 0 aromatic carbocycles. The van der Waals surface area contributed by atoms with Gasteiger partial charge in [0, 0.05) is 18.8 Å². The molecule has 1 aromatic heterocycles. The van der Waals surface area contributed by atoms with Gasteiger partial charge in [0.05, 0.1) is 12.0 Å². The summed E-state index contributed by atoms with van der Waals surface area (Å²) in [5.41, 5.74) is -0.0478. The topological polar surface area (TPSA) is 45.8 Å². The Bertz CT molecular complexity index is 387. The van der Waals surface area contributed by atoms with Crippen molar-refractivity contribution in [3.05, 3.63) is 34.7 Å². The second kappa shape index (κ2) is 4.61. The van der Waals surface area contributed by atoms with Crippen LogP contribution >= 0.6 is 0 Å². The average molecular weight is 190 g/mol. The molecule has 0 aliphatic heterocycles. The zero-order chi connectivity index (χ0) is 10.6. The van der Waals surface area contributed by atoms with Crippen LogP contribution in [0.4, 0.5) is 0 Å². The third kappa shape index (κ3) is 2.46. The molecule has 0 aliphatic carbocycles. The molecule has 0 radical (unpaired) electrons. The maximum Gasteiger partial charge on any atom is 0.250 e. The lowest BCUT2D eigenvalue weighted by molar-refractivity contribution is 0.409. The average Bonchev–Trinajstić information content (AvgIpc) is 2.16. The molecule has 0 N–H and O–H groups in total. The first kappa shape index (κ1) is 10.5. The number of nitriles is 1. The Morgan fingerprint density at radius 3 is 2.71 bits per heavy atom. The minimum atomic E-state index is -0.102. The van der Waals surface area contributed by atoms with E-state index in [-0.39, 0.29) is 17.4 Å². The number of aromatic nitrogens is 1. The van der Waals surface area contributed by atoms with Gasteiger partial charge < -0.3 is 4.57 Å². The standard InChI is InChI=1S/C11H14N2O/c1-9(2)10(7-12)8-13-6-4-3-5-11(13)14/h3-6,9-10H,8H2,1-2H3. The van der Waals surface area contributed by atoms with Crippen molar-refractivity contribution >= 4 is 0 Å². The number of hydrogen-bond donors (Lipinski definition) is 0. The highest BCUT2D eigenvalue weighted by atomic mass is 16.1. The largest absolute Gasteiger partial charge is 0.314 e. The third-order valence-corrected chi connectivity index (χ3v) is 2.26. The number of hydrogen-bond acceptors (Lipinski definition) is 2. The van der Waals surface area contributed by atoms with Gasteiger partial charge in [-0.1, -0.05) is 19.9 Å². The summed E-state index contributed by atoms with van der Waals surface area (Å²) in [6.07, 6.45) is 1.72. The molecule has 1 heterocycles. The lowest BCUT2D eigenvalue weighted by Crippen LogP contribution is -2.24. The van der Waals surface area contributed by atoms with Crippen molar-refractivity contribution in [2.75, 3.05) is 0 Å². The van der Waals surface area contributed by atoms with Crippen molar-refractivity contribution in [2.24, 2.45) is 11.8 Å². The van der Waals surface area contributed by atoms with E-state index in [0.29, 0.717) is 6.54 Å². The lowest BCUT2D eigenvalue weighted by Gasteiger charge is -2.13. The van der Waals surface area contributed by atoms with Gasteiger partial charge in [0.25, 0.3) is 5.56 Å². The molecule has 0 amide bonds. The van der Waals surface area contributed by atoms with E-state index < -0.39 is 0 Å². The van der Waals surface area contributed by atoms with E-state index in [4.69, 9.17) is 5.26 Å². The summed E-state index contributed by atoms with van der Waals surface area (Å²) in [6.45, 7) is 4.46. The van der Waals surface area contributed by atoms with Crippen molar-refractivity contribution < 1.29 is 0 Å². The van der Waals surface area contributed by atoms with Crippen molar-refractivity contribution in [1.29, 1.82) is 5.26 Å². The summed E-state index contributed by atoms with van der Waals surface area (Å²) in [5, 5.41) is 8.88. The summed E-state index contributed by atoms with van der Waals surface area (Å²) in [6, 6.07) is 7.23. The van der Waals surface area contributed by atoms with Crippen molar-refractivity contribution in [3.8, 4) is 6.07 Å². The Balaban J connectivity index is 2.84. The monoisotopic (exact) mass is 190 g/mol. The predicted octanol–water partition coefficient (Wildman–Crippen LogP) is 1.64. The second-order valence-electron chi connectivity index (χ2n) is 3.67. The predicted molar refractivity (Wildman–Crippen MR) is 54.6 cm³/mol. The molecule has 1 aromatic rings. The van der Waals surface area contributed by atoms with Gasteiger partial charge in [0.15, 0.2) is 0 Å². The number of nitrogens with zero attached hydrogens (tertiary/aromatic N) is 2. The molecule has 1 atom stereocenters. The summed E-state index contributed by atoms with van der Waals surface area (Å²) in [5.74, 6) is 0.169. The lowest BCUT2D eigenvalue weighted by atomic mass is 9.97. The van der Waals surface area contributed by atoms with Crippen LogP contribution in [0.25, 0.3) is 0 Å². The molecule has 0 aliphatic rings. The fourth-order valence-corrected chi connectivity index (χ4v) is 1.22. The Kier molecular flexibility index (Phi) is 3.47. The molecule has 0 bridgehead atoms. The van der Waals surface area contributed by atoms with Crippen LogP contribution in [0, 0.1) is 23.2 Å². The van der Waals surface area contributed by atoms with E-state index in [9.17, 15) is 4.79 Å². The van der Waals surface area contributed by atoms with Gasteiger partial charge in [-0.2, -0.15) is 5.26 Å². The quantitative estimate of drug-likeness (QED) is 0.727. The first-order chi connectivity index (χ1) is 6.65. The van der Waals surface area contributed by atoms with E-state index in [1.54, 1.807) is 22.9 Å². The summed E-state index contributed by atoms with van der Waals surface area (Å²) in [7, 11) is 0. The molecule has 1 rings (SSSR count). The van der Waals surface area contributed by atoms with Crippen LogP contribution in [-0.2, 0) is 6.54 Å². The minimum Gasteiger partial charge on any atom is -0.314 e. The zero-order valence-corrected chi connectivity index (χ0v) is 8.47. The molecule has 14 heavy (non-hydrogen) atoms.